The first kappa shape index (κ1) is 12.7. The van der Waals surface area contributed by atoms with Gasteiger partial charge in [0, 0.05) is 12.1 Å². The van der Waals surface area contributed by atoms with Crippen LogP contribution in [0, 0.1) is 6.92 Å². The minimum Gasteiger partial charge on any atom is -0.383 e. The van der Waals surface area contributed by atoms with Gasteiger partial charge in [-0.15, -0.1) is 0 Å². The van der Waals surface area contributed by atoms with Crippen LogP contribution in [0.2, 0.25) is 0 Å². The number of rotatable bonds is 3. The number of nitrogens with zero attached hydrogens (tertiary/aromatic N) is 4. The molecule has 0 saturated heterocycles. The predicted octanol–water partition coefficient (Wildman–Crippen LogP) is 2.80. The highest BCUT2D eigenvalue weighted by Crippen LogP contribution is 2.29. The zero-order chi connectivity index (χ0) is 13.4. The second-order valence-corrected chi connectivity index (χ2v) is 5.14. The molecule has 2 aromatic heterocycles. The molecule has 0 unspecified atom stereocenters. The van der Waals surface area contributed by atoms with E-state index < -0.39 is 0 Å². The molecule has 0 bridgehead atoms. The van der Waals surface area contributed by atoms with E-state index in [1.165, 1.54) is 0 Å². The summed E-state index contributed by atoms with van der Waals surface area (Å²) >= 11 is 0. The lowest BCUT2D eigenvalue weighted by molar-refractivity contribution is 0.590. The van der Waals surface area contributed by atoms with Crippen LogP contribution in [0.25, 0.3) is 11.4 Å². The third-order valence-corrected chi connectivity index (χ3v) is 3.11. The molecule has 0 fully saturated rings. The summed E-state index contributed by atoms with van der Waals surface area (Å²) < 4.78 is 4.13. The van der Waals surface area contributed by atoms with Crippen molar-refractivity contribution in [2.75, 3.05) is 5.73 Å². The molecule has 0 aliphatic heterocycles. The molecule has 2 rings (SSSR count). The summed E-state index contributed by atoms with van der Waals surface area (Å²) in [4.78, 5) is 8.80. The summed E-state index contributed by atoms with van der Waals surface area (Å²) in [5, 5.41) is 0. The molecule has 2 aromatic rings. The van der Waals surface area contributed by atoms with Gasteiger partial charge >= 0.3 is 0 Å². The van der Waals surface area contributed by atoms with Crippen LogP contribution in [0.3, 0.4) is 0 Å². The Morgan fingerprint density at radius 3 is 2.33 bits per heavy atom. The van der Waals surface area contributed by atoms with E-state index in [0.717, 1.165) is 17.2 Å². The van der Waals surface area contributed by atoms with Gasteiger partial charge in [-0.05, 0) is 34.6 Å². The Bertz CT molecular complexity index is 548. The van der Waals surface area contributed by atoms with Crippen molar-refractivity contribution in [2.24, 2.45) is 0 Å². The zero-order valence-corrected chi connectivity index (χ0v) is 11.7. The zero-order valence-electron chi connectivity index (χ0n) is 11.7. The van der Waals surface area contributed by atoms with E-state index in [2.05, 4.69) is 42.2 Å². The average Bonchev–Trinajstić information content (AvgIpc) is 2.82. The first-order valence-electron chi connectivity index (χ1n) is 6.30. The lowest BCUT2D eigenvalue weighted by Crippen LogP contribution is -2.08. The van der Waals surface area contributed by atoms with Crippen molar-refractivity contribution in [3.05, 3.63) is 18.3 Å². The van der Waals surface area contributed by atoms with Gasteiger partial charge in [0.15, 0.2) is 0 Å². The standard InChI is InChI=1S/C13H21N5/c1-8(2)17-7-15-6-11(17)12-13(14)18(9(3)4)10(5)16-12/h6-9H,14H2,1-5H3. The van der Waals surface area contributed by atoms with Crippen LogP contribution in [0.1, 0.15) is 45.6 Å². The van der Waals surface area contributed by atoms with Gasteiger partial charge in [-0.2, -0.15) is 0 Å². The molecular weight excluding hydrogens is 226 g/mol. The Balaban J connectivity index is 2.58. The highest BCUT2D eigenvalue weighted by Gasteiger charge is 2.19. The molecule has 0 spiro atoms. The first-order valence-corrected chi connectivity index (χ1v) is 6.30. The van der Waals surface area contributed by atoms with Crippen LogP contribution in [0.15, 0.2) is 12.5 Å². The number of aryl methyl sites for hydroxylation is 1. The number of anilines is 1. The summed E-state index contributed by atoms with van der Waals surface area (Å²) in [5.41, 5.74) is 8.03. The molecule has 0 radical (unpaired) electrons. The van der Waals surface area contributed by atoms with Crippen molar-refractivity contribution >= 4 is 5.82 Å². The van der Waals surface area contributed by atoms with Gasteiger partial charge in [0.25, 0.3) is 0 Å². The normalized spacial score (nSPS) is 11.7. The fourth-order valence-corrected chi connectivity index (χ4v) is 2.30. The predicted molar refractivity (Wildman–Crippen MR) is 73.4 cm³/mol. The molecule has 18 heavy (non-hydrogen) atoms. The molecule has 5 heteroatoms. The summed E-state index contributed by atoms with van der Waals surface area (Å²) in [5.74, 6) is 1.65. The van der Waals surface area contributed by atoms with Gasteiger partial charge in [0.2, 0.25) is 0 Å². The van der Waals surface area contributed by atoms with Gasteiger partial charge < -0.3 is 14.9 Å². The molecule has 98 valence electrons. The molecule has 5 nitrogen and oxygen atoms in total. The Hall–Kier alpha value is -1.78. The maximum atomic E-state index is 6.22. The molecule has 0 aromatic carbocycles. The van der Waals surface area contributed by atoms with Crippen molar-refractivity contribution in [3.63, 3.8) is 0 Å². The number of imidazole rings is 2. The van der Waals surface area contributed by atoms with E-state index in [1.54, 1.807) is 0 Å². The minimum absolute atomic E-state index is 0.307. The molecule has 0 atom stereocenters. The highest BCUT2D eigenvalue weighted by atomic mass is 15.2. The van der Waals surface area contributed by atoms with Gasteiger partial charge in [-0.3, -0.25) is 0 Å². The van der Waals surface area contributed by atoms with Gasteiger partial charge in [0.05, 0.1) is 18.2 Å². The summed E-state index contributed by atoms with van der Waals surface area (Å²) in [6.07, 6.45) is 3.64. The molecule has 0 saturated carbocycles. The number of hydrogen-bond donors (Lipinski definition) is 1. The van der Waals surface area contributed by atoms with E-state index in [0.29, 0.717) is 17.9 Å². The third-order valence-electron chi connectivity index (χ3n) is 3.11. The average molecular weight is 247 g/mol. The molecule has 2 heterocycles. The maximum absolute atomic E-state index is 6.22. The Kier molecular flexibility index (Phi) is 3.15. The summed E-state index contributed by atoms with van der Waals surface area (Å²) in [6.45, 7) is 10.4. The van der Waals surface area contributed by atoms with Gasteiger partial charge in [-0.25, -0.2) is 9.97 Å². The van der Waals surface area contributed by atoms with E-state index in [9.17, 15) is 0 Å². The highest BCUT2D eigenvalue weighted by molar-refractivity contribution is 5.68. The van der Waals surface area contributed by atoms with Gasteiger partial charge in [-0.1, -0.05) is 0 Å². The number of aromatic nitrogens is 4. The second-order valence-electron chi connectivity index (χ2n) is 5.14. The number of hydrogen-bond acceptors (Lipinski definition) is 3. The second kappa shape index (κ2) is 4.48. The van der Waals surface area contributed by atoms with E-state index in [4.69, 9.17) is 5.73 Å². The van der Waals surface area contributed by atoms with E-state index in [1.807, 2.05) is 24.0 Å². The summed E-state index contributed by atoms with van der Waals surface area (Å²) in [7, 11) is 0. The van der Waals surface area contributed by atoms with Crippen LogP contribution in [-0.2, 0) is 0 Å². The van der Waals surface area contributed by atoms with E-state index in [-0.39, 0.29) is 0 Å². The number of nitrogens with two attached hydrogens (primary N) is 1. The van der Waals surface area contributed by atoms with Crippen LogP contribution in [0.4, 0.5) is 5.82 Å². The lowest BCUT2D eigenvalue weighted by Gasteiger charge is -2.13. The molecule has 2 N–H and O–H groups in total. The minimum atomic E-state index is 0.307. The smallest absolute Gasteiger partial charge is 0.133 e. The Labute approximate surface area is 108 Å². The van der Waals surface area contributed by atoms with E-state index >= 15 is 0 Å². The quantitative estimate of drug-likeness (QED) is 0.907. The van der Waals surface area contributed by atoms with Gasteiger partial charge in [0.1, 0.15) is 17.3 Å². The number of nitrogen functional groups attached to an aromatic ring is 1. The topological polar surface area (TPSA) is 61.7 Å². The molecule has 0 aliphatic rings. The molecule has 0 amide bonds. The fraction of sp³-hybridized carbons (Fsp3) is 0.538. The Morgan fingerprint density at radius 1 is 1.17 bits per heavy atom. The third kappa shape index (κ3) is 1.89. The van der Waals surface area contributed by atoms with Crippen molar-refractivity contribution < 1.29 is 0 Å². The summed E-state index contributed by atoms with van der Waals surface area (Å²) in [6, 6.07) is 0.646. The lowest BCUT2D eigenvalue weighted by atomic mass is 10.3. The maximum Gasteiger partial charge on any atom is 0.133 e. The van der Waals surface area contributed by atoms with Crippen LogP contribution in [0.5, 0.6) is 0 Å². The first-order chi connectivity index (χ1) is 8.43. The van der Waals surface area contributed by atoms with Crippen LogP contribution >= 0.6 is 0 Å². The van der Waals surface area contributed by atoms with Crippen molar-refractivity contribution in [1.29, 1.82) is 0 Å². The molecular formula is C13H21N5. The van der Waals surface area contributed by atoms with Crippen molar-refractivity contribution in [2.45, 2.75) is 46.7 Å². The van der Waals surface area contributed by atoms with Crippen molar-refractivity contribution in [1.82, 2.24) is 19.1 Å². The van der Waals surface area contributed by atoms with Crippen molar-refractivity contribution in [3.8, 4) is 11.4 Å². The van der Waals surface area contributed by atoms with Crippen LogP contribution < -0.4 is 5.73 Å². The largest absolute Gasteiger partial charge is 0.383 e. The van der Waals surface area contributed by atoms with Crippen LogP contribution in [-0.4, -0.2) is 19.1 Å². The monoisotopic (exact) mass is 247 g/mol. The SMILES string of the molecule is Cc1nc(-c2cncn2C(C)C)c(N)n1C(C)C. The molecule has 0 aliphatic carbocycles. The fourth-order valence-electron chi connectivity index (χ4n) is 2.30. The Morgan fingerprint density at radius 2 is 1.83 bits per heavy atom.